The van der Waals surface area contributed by atoms with Crippen molar-refractivity contribution in [2.75, 3.05) is 6.61 Å². The summed E-state index contributed by atoms with van der Waals surface area (Å²) in [5, 5.41) is 24.4. The highest BCUT2D eigenvalue weighted by Gasteiger charge is 2.13. The summed E-state index contributed by atoms with van der Waals surface area (Å²) in [6, 6.07) is 0. The van der Waals surface area contributed by atoms with Crippen molar-refractivity contribution in [2.45, 2.75) is 6.10 Å². The Morgan fingerprint density at radius 3 is 2.12 bits per heavy atom. The summed E-state index contributed by atoms with van der Waals surface area (Å²) >= 11 is 0. The fourth-order valence-electron chi connectivity index (χ4n) is 0.597. The number of hydrogen-bond donors (Lipinski definition) is 3. The summed E-state index contributed by atoms with van der Waals surface area (Å²) < 4.78 is 12.1. The van der Waals surface area contributed by atoms with Crippen LogP contribution in [0.5, 0.6) is 0 Å². The van der Waals surface area contributed by atoms with Gasteiger partial charge in [0.1, 0.15) is 6.61 Å². The maximum atomic E-state index is 10.1. The first kappa shape index (κ1) is 13.5. The van der Waals surface area contributed by atoms with Crippen LogP contribution < -0.4 is 0 Å². The first-order valence-electron chi connectivity index (χ1n) is 3.73. The minimum atomic E-state index is -1.67. The van der Waals surface area contributed by atoms with E-state index in [0.717, 1.165) is 6.08 Å². The normalized spacial score (nSPS) is 11.8. The second-order valence-corrected chi connectivity index (χ2v) is 2.21. The molecule has 1 unspecified atom stereocenters. The Morgan fingerprint density at radius 1 is 1.06 bits per heavy atom. The minimum Gasteiger partial charge on any atom is -0.450 e. The molecule has 0 heterocycles. The Hall–Kier alpha value is -2.45. The van der Waals surface area contributed by atoms with E-state index in [1.165, 1.54) is 0 Å². The van der Waals surface area contributed by atoms with Gasteiger partial charge in [0.25, 0.3) is 0 Å². The second-order valence-electron chi connectivity index (χ2n) is 2.21. The first-order chi connectivity index (χ1) is 7.41. The van der Waals surface area contributed by atoms with E-state index >= 15 is 0 Å². The van der Waals surface area contributed by atoms with Crippen LogP contribution in [0, 0.1) is 0 Å². The van der Waals surface area contributed by atoms with Crippen LogP contribution in [0.25, 0.3) is 0 Å². The zero-order valence-electron chi connectivity index (χ0n) is 7.73. The van der Waals surface area contributed by atoms with Gasteiger partial charge in [0.2, 0.25) is 0 Å². The van der Waals surface area contributed by atoms with E-state index in [-0.39, 0.29) is 0 Å². The lowest BCUT2D eigenvalue weighted by Crippen LogP contribution is -2.22. The molecule has 0 aromatic carbocycles. The minimum absolute atomic E-state index is 0.610. The predicted molar refractivity (Wildman–Crippen MR) is 45.1 cm³/mol. The van der Waals surface area contributed by atoms with Crippen LogP contribution in [0.15, 0.2) is 12.3 Å². The largest absolute Gasteiger partial charge is 0.510 e. The molecule has 90 valence electrons. The van der Waals surface area contributed by atoms with Gasteiger partial charge < -0.3 is 29.5 Å². The molecule has 0 spiro atoms. The Bertz CT molecular complexity index is 294. The topological polar surface area (TPSA) is 140 Å². The summed E-state index contributed by atoms with van der Waals surface area (Å²) in [6.07, 6.45) is -4.66. The van der Waals surface area contributed by atoms with Crippen molar-refractivity contribution in [1.82, 2.24) is 0 Å². The number of carbonyl (C=O) groups is 3. The molecular formula is C7H8O9. The zero-order chi connectivity index (χ0) is 12.6. The molecule has 9 nitrogen and oxygen atoms in total. The Labute approximate surface area is 88.4 Å². The number of carboxylic acid groups (broad SMARTS) is 3. The lowest BCUT2D eigenvalue weighted by atomic mass is 10.4. The van der Waals surface area contributed by atoms with Crippen molar-refractivity contribution in [1.29, 1.82) is 0 Å². The van der Waals surface area contributed by atoms with Crippen LogP contribution in [0.3, 0.4) is 0 Å². The lowest BCUT2D eigenvalue weighted by Gasteiger charge is -2.10. The third-order valence-electron chi connectivity index (χ3n) is 1.09. The lowest BCUT2D eigenvalue weighted by molar-refractivity contribution is 0.0216. The predicted octanol–water partition coefficient (Wildman–Crippen LogP) is 0.952. The third-order valence-corrected chi connectivity index (χ3v) is 1.09. The maximum absolute atomic E-state index is 10.1. The van der Waals surface area contributed by atoms with Crippen molar-refractivity contribution >= 4 is 18.5 Å². The average molecular weight is 236 g/mol. The number of ether oxygens (including phenoxy) is 3. The molecule has 0 saturated heterocycles. The Kier molecular flexibility index (Phi) is 5.86. The van der Waals surface area contributed by atoms with Gasteiger partial charge in [0.15, 0.2) is 6.10 Å². The molecule has 0 rings (SSSR count). The molecule has 16 heavy (non-hydrogen) atoms. The molecule has 0 aliphatic carbocycles. The van der Waals surface area contributed by atoms with E-state index in [0.29, 0.717) is 6.26 Å². The van der Waals surface area contributed by atoms with Crippen molar-refractivity contribution < 1.29 is 43.9 Å². The van der Waals surface area contributed by atoms with E-state index in [9.17, 15) is 14.4 Å². The van der Waals surface area contributed by atoms with Crippen LogP contribution in [-0.4, -0.2) is 46.5 Å². The Morgan fingerprint density at radius 2 is 1.69 bits per heavy atom. The molecule has 1 atom stereocenters. The molecule has 0 aliphatic heterocycles. The van der Waals surface area contributed by atoms with Crippen molar-refractivity contribution in [2.24, 2.45) is 0 Å². The third kappa shape index (κ3) is 8.16. The summed E-state index contributed by atoms with van der Waals surface area (Å²) in [5.74, 6) is 0. The molecule has 0 radical (unpaired) electrons. The van der Waals surface area contributed by atoms with E-state index in [4.69, 9.17) is 15.3 Å². The number of rotatable bonds is 5. The van der Waals surface area contributed by atoms with Gasteiger partial charge in [0, 0.05) is 0 Å². The smallest absolute Gasteiger partial charge is 0.450 e. The molecule has 0 aromatic rings. The van der Waals surface area contributed by atoms with E-state index in [1.54, 1.807) is 0 Å². The fourth-order valence-corrected chi connectivity index (χ4v) is 0.597. The van der Waals surface area contributed by atoms with Gasteiger partial charge in [-0.25, -0.2) is 14.4 Å². The molecule has 0 aromatic heterocycles. The summed E-state index contributed by atoms with van der Waals surface area (Å²) in [4.78, 5) is 30.0. The highest BCUT2D eigenvalue weighted by Crippen LogP contribution is 1.98. The molecule has 3 N–H and O–H groups in total. The molecular weight excluding hydrogens is 228 g/mol. The average Bonchev–Trinajstić information content (AvgIpc) is 2.12. The van der Waals surface area contributed by atoms with Gasteiger partial charge in [-0.2, -0.15) is 0 Å². The monoisotopic (exact) mass is 236 g/mol. The summed E-state index contributed by atoms with van der Waals surface area (Å²) in [7, 11) is 0. The van der Waals surface area contributed by atoms with Crippen LogP contribution in [0.2, 0.25) is 0 Å². The Balaban J connectivity index is 4.18. The zero-order valence-corrected chi connectivity index (χ0v) is 7.73. The highest BCUT2D eigenvalue weighted by molar-refractivity contribution is 5.59. The molecule has 0 aliphatic rings. The molecule has 0 amide bonds. The highest BCUT2D eigenvalue weighted by atomic mass is 16.7. The standard InChI is InChI=1S/C7H8O9/c8-5(9)14-2-1-4(16-7(12)13)3-15-6(10)11/h1-2,4H,3H2,(H,8,9)(H,10,11)(H,12,13). The maximum Gasteiger partial charge on any atom is 0.510 e. The van der Waals surface area contributed by atoms with Crippen LogP contribution in [0.1, 0.15) is 0 Å². The SMILES string of the molecule is O=C(O)OC=CC(COC(=O)O)OC(=O)O. The van der Waals surface area contributed by atoms with Gasteiger partial charge in [-0.05, 0) is 6.08 Å². The molecule has 0 fully saturated rings. The molecule has 9 heteroatoms. The van der Waals surface area contributed by atoms with Crippen LogP contribution in [0.4, 0.5) is 14.4 Å². The van der Waals surface area contributed by atoms with Crippen molar-refractivity contribution in [3.63, 3.8) is 0 Å². The summed E-state index contributed by atoms with van der Waals surface area (Å²) in [5.41, 5.74) is 0. The summed E-state index contributed by atoms with van der Waals surface area (Å²) in [6.45, 7) is -0.610. The van der Waals surface area contributed by atoms with E-state index in [1.807, 2.05) is 0 Å². The van der Waals surface area contributed by atoms with Crippen LogP contribution >= 0.6 is 0 Å². The van der Waals surface area contributed by atoms with Crippen molar-refractivity contribution in [3.8, 4) is 0 Å². The quantitative estimate of drug-likeness (QED) is 0.361. The first-order valence-corrected chi connectivity index (χ1v) is 3.73. The second kappa shape index (κ2) is 6.92. The fraction of sp³-hybridized carbons (Fsp3) is 0.286. The van der Waals surface area contributed by atoms with Gasteiger partial charge in [-0.15, -0.1) is 0 Å². The molecule has 0 saturated carbocycles. The molecule has 0 bridgehead atoms. The van der Waals surface area contributed by atoms with Gasteiger partial charge in [0.05, 0.1) is 6.26 Å². The van der Waals surface area contributed by atoms with Crippen LogP contribution in [-0.2, 0) is 14.2 Å². The van der Waals surface area contributed by atoms with Crippen molar-refractivity contribution in [3.05, 3.63) is 12.3 Å². The van der Waals surface area contributed by atoms with Gasteiger partial charge in [-0.1, -0.05) is 0 Å². The van der Waals surface area contributed by atoms with Gasteiger partial charge >= 0.3 is 18.5 Å². The van der Waals surface area contributed by atoms with E-state index < -0.39 is 31.2 Å². The van der Waals surface area contributed by atoms with Gasteiger partial charge in [-0.3, -0.25) is 0 Å². The van der Waals surface area contributed by atoms with E-state index in [2.05, 4.69) is 14.2 Å². The number of hydrogen-bond acceptors (Lipinski definition) is 6.